The number of benzene rings is 1. The summed E-state index contributed by atoms with van der Waals surface area (Å²) in [5, 5.41) is 19.8. The van der Waals surface area contributed by atoms with E-state index >= 15 is 0 Å². The number of hydrogen-bond donors (Lipinski definition) is 1. The second kappa shape index (κ2) is 5.24. The van der Waals surface area contributed by atoms with Gasteiger partial charge in [0.15, 0.2) is 0 Å². The Hall–Kier alpha value is -1.53. The molecule has 0 amide bonds. The van der Waals surface area contributed by atoms with Crippen molar-refractivity contribution in [3.63, 3.8) is 0 Å². The van der Waals surface area contributed by atoms with Crippen molar-refractivity contribution in [2.45, 2.75) is 57.5 Å². The van der Waals surface area contributed by atoms with Gasteiger partial charge in [0.1, 0.15) is 11.8 Å². The van der Waals surface area contributed by atoms with Gasteiger partial charge in [0, 0.05) is 0 Å². The van der Waals surface area contributed by atoms with Crippen LogP contribution in [-0.4, -0.2) is 18.3 Å². The lowest BCUT2D eigenvalue weighted by Gasteiger charge is -2.50. The van der Waals surface area contributed by atoms with Crippen molar-refractivity contribution in [3.8, 4) is 11.8 Å². The van der Waals surface area contributed by atoms with E-state index in [1.54, 1.807) is 7.11 Å². The highest BCUT2D eigenvalue weighted by Gasteiger charge is 2.54. The van der Waals surface area contributed by atoms with Crippen LogP contribution in [0.1, 0.15) is 61.6 Å². The molecule has 3 aliphatic rings. The summed E-state index contributed by atoms with van der Waals surface area (Å²) in [4.78, 5) is 0. The number of aryl methyl sites for hydroxylation is 1. The van der Waals surface area contributed by atoms with E-state index in [2.05, 4.69) is 19.1 Å². The molecule has 0 bridgehead atoms. The lowest BCUT2D eigenvalue weighted by Crippen LogP contribution is -2.43. The van der Waals surface area contributed by atoms with Gasteiger partial charge in [-0.25, -0.2) is 0 Å². The average molecular weight is 311 g/mol. The molecule has 2 fully saturated rings. The van der Waals surface area contributed by atoms with Crippen molar-refractivity contribution < 1.29 is 9.84 Å². The van der Waals surface area contributed by atoms with E-state index in [1.165, 1.54) is 24.0 Å². The number of aliphatic hydroxyl groups is 1. The zero-order valence-corrected chi connectivity index (χ0v) is 14.0. The van der Waals surface area contributed by atoms with E-state index < -0.39 is 0 Å². The third-order valence-electron chi connectivity index (χ3n) is 7.12. The molecule has 0 heterocycles. The zero-order chi connectivity index (χ0) is 16.2. The molecular weight excluding hydrogens is 286 g/mol. The first-order chi connectivity index (χ1) is 11.1. The largest absolute Gasteiger partial charge is 0.495 e. The first kappa shape index (κ1) is 15.0. The van der Waals surface area contributed by atoms with Crippen LogP contribution in [-0.2, 0) is 6.42 Å². The van der Waals surface area contributed by atoms with Crippen LogP contribution in [0.4, 0.5) is 0 Å². The van der Waals surface area contributed by atoms with Crippen LogP contribution < -0.4 is 4.74 Å². The van der Waals surface area contributed by atoms with Crippen LogP contribution in [0.5, 0.6) is 5.75 Å². The Morgan fingerprint density at radius 3 is 2.83 bits per heavy atom. The van der Waals surface area contributed by atoms with Crippen LogP contribution >= 0.6 is 0 Å². The summed E-state index contributed by atoms with van der Waals surface area (Å²) >= 11 is 0. The van der Waals surface area contributed by atoms with Gasteiger partial charge in [-0.05, 0) is 85.0 Å². The van der Waals surface area contributed by atoms with Gasteiger partial charge in [-0.15, -0.1) is 0 Å². The molecule has 122 valence electrons. The van der Waals surface area contributed by atoms with Crippen LogP contribution in [0, 0.1) is 28.6 Å². The summed E-state index contributed by atoms with van der Waals surface area (Å²) in [5.41, 5.74) is 3.52. The fourth-order valence-electron chi connectivity index (χ4n) is 5.83. The minimum Gasteiger partial charge on any atom is -0.495 e. The highest BCUT2D eigenvalue weighted by molar-refractivity contribution is 5.51. The third kappa shape index (κ3) is 2.04. The monoisotopic (exact) mass is 311 g/mol. The molecule has 2 saturated carbocycles. The number of hydrogen-bond acceptors (Lipinski definition) is 3. The minimum atomic E-state index is -0.120. The average Bonchev–Trinajstić information content (AvgIpc) is 2.88. The molecule has 23 heavy (non-hydrogen) atoms. The Bertz CT molecular complexity index is 677. The van der Waals surface area contributed by atoms with Gasteiger partial charge in [0.05, 0.1) is 18.8 Å². The molecular formula is C20H25NO2. The Labute approximate surface area is 138 Å². The first-order valence-corrected chi connectivity index (χ1v) is 8.87. The SMILES string of the molecule is COc1cc2c(cc1C#N)CC[C@@H]1[C@@H]2CC[C@]2(C)[C@@H](O)CC[C@@H]12. The summed E-state index contributed by atoms with van der Waals surface area (Å²) in [6, 6.07) is 6.43. The van der Waals surface area contributed by atoms with Gasteiger partial charge < -0.3 is 9.84 Å². The molecule has 0 aromatic heterocycles. The standard InChI is InChI=1S/C20H25NO2/c1-20-8-7-14-15(17(20)5-6-19(20)22)4-3-12-9-13(11-21)18(23-2)10-16(12)14/h9-10,14-15,17,19,22H,3-8H2,1-2H3/t14-,15+,17-,19-,20-/m0/s1. The van der Waals surface area contributed by atoms with Crippen LogP contribution in [0.25, 0.3) is 0 Å². The van der Waals surface area contributed by atoms with Crippen molar-refractivity contribution in [1.82, 2.24) is 0 Å². The van der Waals surface area contributed by atoms with E-state index in [9.17, 15) is 10.4 Å². The van der Waals surface area contributed by atoms with Gasteiger partial charge >= 0.3 is 0 Å². The van der Waals surface area contributed by atoms with Crippen LogP contribution in [0.2, 0.25) is 0 Å². The van der Waals surface area contributed by atoms with E-state index in [0.717, 1.165) is 25.7 Å². The van der Waals surface area contributed by atoms with E-state index in [-0.39, 0.29) is 11.5 Å². The maximum absolute atomic E-state index is 10.5. The Morgan fingerprint density at radius 1 is 1.26 bits per heavy atom. The summed E-state index contributed by atoms with van der Waals surface area (Å²) in [6.07, 6.45) is 6.53. The van der Waals surface area contributed by atoms with Crippen LogP contribution in [0.15, 0.2) is 12.1 Å². The molecule has 3 aliphatic carbocycles. The Kier molecular flexibility index (Phi) is 3.43. The van der Waals surface area contributed by atoms with E-state index in [1.807, 2.05) is 6.07 Å². The number of nitrogens with zero attached hydrogens (tertiary/aromatic N) is 1. The second-order valence-corrected chi connectivity index (χ2v) is 7.92. The molecule has 1 aromatic rings. The van der Waals surface area contributed by atoms with Crippen molar-refractivity contribution in [2.24, 2.45) is 17.3 Å². The summed E-state index contributed by atoms with van der Waals surface area (Å²) in [7, 11) is 1.65. The molecule has 0 saturated heterocycles. The van der Waals surface area contributed by atoms with E-state index in [0.29, 0.717) is 29.1 Å². The maximum Gasteiger partial charge on any atom is 0.136 e. The number of fused-ring (bicyclic) bond motifs is 5. The molecule has 5 atom stereocenters. The topological polar surface area (TPSA) is 53.2 Å². The quantitative estimate of drug-likeness (QED) is 0.858. The Morgan fingerprint density at radius 2 is 2.09 bits per heavy atom. The van der Waals surface area contributed by atoms with Gasteiger partial charge in [0.25, 0.3) is 0 Å². The fourth-order valence-corrected chi connectivity index (χ4v) is 5.83. The van der Waals surface area contributed by atoms with Gasteiger partial charge in [-0.2, -0.15) is 5.26 Å². The molecule has 3 nitrogen and oxygen atoms in total. The third-order valence-corrected chi connectivity index (χ3v) is 7.12. The summed E-state index contributed by atoms with van der Waals surface area (Å²) in [5.74, 6) is 2.61. The molecule has 1 N–H and O–H groups in total. The van der Waals surface area contributed by atoms with Gasteiger partial charge in [-0.1, -0.05) is 6.92 Å². The van der Waals surface area contributed by atoms with Gasteiger partial charge in [-0.3, -0.25) is 0 Å². The lowest BCUT2D eigenvalue weighted by molar-refractivity contribution is -0.0226. The van der Waals surface area contributed by atoms with Crippen LogP contribution in [0.3, 0.4) is 0 Å². The predicted octanol–water partition coefficient (Wildman–Crippen LogP) is 3.78. The molecule has 0 spiro atoms. The smallest absolute Gasteiger partial charge is 0.136 e. The normalized spacial score (nSPS) is 38.2. The van der Waals surface area contributed by atoms with Crippen molar-refractivity contribution in [3.05, 3.63) is 28.8 Å². The molecule has 1 aromatic carbocycles. The van der Waals surface area contributed by atoms with Gasteiger partial charge in [0.2, 0.25) is 0 Å². The fraction of sp³-hybridized carbons (Fsp3) is 0.650. The molecule has 0 aliphatic heterocycles. The first-order valence-electron chi connectivity index (χ1n) is 8.87. The molecule has 3 heteroatoms. The number of ether oxygens (including phenoxy) is 1. The number of rotatable bonds is 1. The number of nitriles is 1. The number of aliphatic hydroxyl groups excluding tert-OH is 1. The van der Waals surface area contributed by atoms with Crippen molar-refractivity contribution in [1.29, 1.82) is 5.26 Å². The minimum absolute atomic E-state index is 0.120. The lowest BCUT2D eigenvalue weighted by atomic mass is 9.55. The second-order valence-electron chi connectivity index (χ2n) is 7.92. The van der Waals surface area contributed by atoms with E-state index in [4.69, 9.17) is 4.74 Å². The number of methoxy groups -OCH3 is 1. The highest BCUT2D eigenvalue weighted by Crippen LogP contribution is 2.61. The summed E-state index contributed by atoms with van der Waals surface area (Å²) < 4.78 is 5.44. The molecule has 0 unspecified atom stereocenters. The zero-order valence-electron chi connectivity index (χ0n) is 14.0. The highest BCUT2D eigenvalue weighted by atomic mass is 16.5. The Balaban J connectivity index is 1.74. The molecule has 4 rings (SSSR count). The predicted molar refractivity (Wildman–Crippen MR) is 88.3 cm³/mol. The van der Waals surface area contributed by atoms with Crippen molar-refractivity contribution >= 4 is 0 Å². The maximum atomic E-state index is 10.5. The molecule has 0 radical (unpaired) electrons. The van der Waals surface area contributed by atoms with Crippen molar-refractivity contribution in [2.75, 3.05) is 7.11 Å². The summed E-state index contributed by atoms with van der Waals surface area (Å²) in [6.45, 7) is 2.31.